The predicted molar refractivity (Wildman–Crippen MR) is 48.9 cm³/mol. The third-order valence-electron chi connectivity index (χ3n) is 1.17. The molecule has 0 nitrogen and oxygen atoms in total. The molecule has 0 heterocycles. The molecule has 0 amide bonds. The first-order valence-electron chi connectivity index (χ1n) is 2.59. The second kappa shape index (κ2) is 5.00. The summed E-state index contributed by atoms with van der Waals surface area (Å²) >= 11 is 5.57. The minimum absolute atomic E-state index is 0. The van der Waals surface area contributed by atoms with E-state index in [4.69, 9.17) is 0 Å². The van der Waals surface area contributed by atoms with E-state index >= 15 is 0 Å². The molecule has 0 saturated carbocycles. The Morgan fingerprint density at radius 3 is 1.60 bits per heavy atom. The van der Waals surface area contributed by atoms with Gasteiger partial charge in [-0.15, -0.1) is 23.5 Å². The molecule has 0 aliphatic rings. The molecule has 0 saturated heterocycles. The highest BCUT2D eigenvalue weighted by Crippen LogP contribution is 2.39. The zero-order chi connectivity index (χ0) is 6.85. The van der Waals surface area contributed by atoms with E-state index in [9.17, 15) is 0 Å². The van der Waals surface area contributed by atoms with Gasteiger partial charge in [0.15, 0.2) is 17.6 Å². The highest BCUT2D eigenvalue weighted by molar-refractivity contribution is 8.02. The quantitative estimate of drug-likeness (QED) is 0.305. The van der Waals surface area contributed by atoms with E-state index in [2.05, 4.69) is 18.8 Å². The first-order valence-corrected chi connectivity index (χ1v) is 6.26. The maximum Gasteiger partial charge on any atom is 0.253 e. The Labute approximate surface area is 91.2 Å². The van der Waals surface area contributed by atoms with Crippen molar-refractivity contribution in [2.24, 2.45) is 0 Å². The van der Waals surface area contributed by atoms with Crippen LogP contribution in [0.1, 0.15) is 0 Å². The molecule has 0 unspecified atom stereocenters. The highest BCUT2D eigenvalue weighted by Gasteiger charge is 2.24. The van der Waals surface area contributed by atoms with Gasteiger partial charge in [-0.05, 0) is 12.5 Å². The Kier molecular flexibility index (Phi) is 5.63. The SMILES string of the molecule is CSc1c(SC)c1=[S+]C.[I-]. The van der Waals surface area contributed by atoms with Crippen molar-refractivity contribution in [3.63, 3.8) is 0 Å². The topological polar surface area (TPSA) is 0 Å². The van der Waals surface area contributed by atoms with Gasteiger partial charge in [-0.1, -0.05) is 0 Å². The summed E-state index contributed by atoms with van der Waals surface area (Å²) in [6.07, 6.45) is 6.40. The average molecular weight is 304 g/mol. The summed E-state index contributed by atoms with van der Waals surface area (Å²) in [5.41, 5.74) is 0. The smallest absolute Gasteiger partial charge is 0.253 e. The molecule has 1 aromatic carbocycles. The molecular formula is C6H9IS3. The maximum atomic E-state index is 2.13. The van der Waals surface area contributed by atoms with E-state index in [0.717, 1.165) is 0 Å². The van der Waals surface area contributed by atoms with E-state index in [-0.39, 0.29) is 24.0 Å². The molecule has 0 fully saturated rings. The molecule has 0 aliphatic carbocycles. The molecule has 0 atom stereocenters. The lowest BCUT2D eigenvalue weighted by molar-refractivity contribution is -0.00000184. The fourth-order valence-corrected chi connectivity index (χ4v) is 3.96. The summed E-state index contributed by atoms with van der Waals surface area (Å²) in [6.45, 7) is 0. The van der Waals surface area contributed by atoms with Gasteiger partial charge >= 0.3 is 0 Å². The van der Waals surface area contributed by atoms with Crippen LogP contribution in [0.3, 0.4) is 0 Å². The van der Waals surface area contributed by atoms with Gasteiger partial charge in [0.2, 0.25) is 0 Å². The van der Waals surface area contributed by atoms with Gasteiger partial charge in [0.05, 0.1) is 9.79 Å². The normalized spacial score (nSPS) is 9.50. The van der Waals surface area contributed by atoms with Crippen LogP contribution in [0.2, 0.25) is 0 Å². The number of hydrogen-bond donors (Lipinski definition) is 0. The average Bonchev–Trinajstić information content (AvgIpc) is 2.59. The summed E-state index contributed by atoms with van der Waals surface area (Å²) in [6, 6.07) is 0. The van der Waals surface area contributed by atoms with Crippen LogP contribution in [0.5, 0.6) is 0 Å². The molecule has 0 aliphatic heterocycles. The highest BCUT2D eigenvalue weighted by atomic mass is 127. The second-order valence-electron chi connectivity index (χ2n) is 1.60. The summed E-state index contributed by atoms with van der Waals surface area (Å²) < 4.78 is 1.51. The fourth-order valence-electron chi connectivity index (χ4n) is 0.695. The van der Waals surface area contributed by atoms with Crippen molar-refractivity contribution in [2.45, 2.75) is 9.79 Å². The zero-order valence-electron chi connectivity index (χ0n) is 6.10. The summed E-state index contributed by atoms with van der Waals surface area (Å²) in [7, 11) is 0. The Bertz CT molecular complexity index is 203. The predicted octanol–water partition coefficient (Wildman–Crippen LogP) is -0.746. The molecule has 1 aromatic rings. The Morgan fingerprint density at radius 1 is 1.10 bits per heavy atom. The van der Waals surface area contributed by atoms with Crippen LogP contribution in [0.15, 0.2) is 9.79 Å². The van der Waals surface area contributed by atoms with Crippen molar-refractivity contribution in [1.82, 2.24) is 0 Å². The van der Waals surface area contributed by atoms with Gasteiger partial charge in [0, 0.05) is 0 Å². The van der Waals surface area contributed by atoms with Gasteiger partial charge in [0.25, 0.3) is 4.51 Å². The molecule has 0 radical (unpaired) electrons. The zero-order valence-corrected chi connectivity index (χ0v) is 10.7. The van der Waals surface area contributed by atoms with Crippen LogP contribution < -0.4 is 24.0 Å². The third kappa shape index (κ3) is 2.12. The van der Waals surface area contributed by atoms with Gasteiger partial charge in [-0.25, -0.2) is 0 Å². The van der Waals surface area contributed by atoms with Crippen molar-refractivity contribution in [3.8, 4) is 0 Å². The van der Waals surface area contributed by atoms with Crippen LogP contribution in [0.25, 0.3) is 0 Å². The van der Waals surface area contributed by atoms with Crippen molar-refractivity contribution in [3.05, 3.63) is 4.51 Å². The summed E-state index contributed by atoms with van der Waals surface area (Å²) in [5.74, 6) is 0. The molecule has 58 valence electrons. The van der Waals surface area contributed by atoms with Crippen LogP contribution in [0, 0.1) is 4.51 Å². The third-order valence-corrected chi connectivity index (χ3v) is 4.01. The number of hydrogen-bond acceptors (Lipinski definition) is 2. The monoisotopic (exact) mass is 304 g/mol. The largest absolute Gasteiger partial charge is 1.00 e. The maximum absolute atomic E-state index is 2.13. The van der Waals surface area contributed by atoms with E-state index in [1.165, 1.54) is 14.3 Å². The first-order chi connectivity index (χ1) is 4.35. The second-order valence-corrected chi connectivity index (χ2v) is 4.05. The van der Waals surface area contributed by atoms with Crippen molar-refractivity contribution in [1.29, 1.82) is 0 Å². The molecule has 0 N–H and O–H groups in total. The van der Waals surface area contributed by atoms with Gasteiger partial charge < -0.3 is 24.0 Å². The number of thioether (sulfide) groups is 2. The lowest BCUT2D eigenvalue weighted by Crippen LogP contribution is -3.00. The van der Waals surface area contributed by atoms with Gasteiger partial charge in [-0.2, -0.15) is 0 Å². The standard InChI is InChI=1S/C6H9S3.HI/c1-7-4-5(8-2)6(4)9-3;/h1-3H3;1H/q+1;/p-1. The summed E-state index contributed by atoms with van der Waals surface area (Å²) in [5, 5.41) is 0. The van der Waals surface area contributed by atoms with Crippen LogP contribution in [-0.2, 0) is 11.4 Å². The lowest BCUT2D eigenvalue weighted by atomic mass is 11.1. The minimum atomic E-state index is 0. The first kappa shape index (κ1) is 11.3. The van der Waals surface area contributed by atoms with Crippen LogP contribution >= 0.6 is 23.5 Å². The fraction of sp³-hybridized carbons (Fsp3) is 0.500. The molecule has 4 heteroatoms. The van der Waals surface area contributed by atoms with Crippen molar-refractivity contribution in [2.75, 3.05) is 18.8 Å². The van der Waals surface area contributed by atoms with E-state index < -0.39 is 0 Å². The molecule has 0 spiro atoms. The Hall–Kier alpha value is 1.26. The van der Waals surface area contributed by atoms with E-state index in [1.54, 1.807) is 0 Å². The van der Waals surface area contributed by atoms with Crippen LogP contribution in [0.4, 0.5) is 0 Å². The molecule has 1 rings (SSSR count). The van der Waals surface area contributed by atoms with Gasteiger partial charge in [-0.3, -0.25) is 0 Å². The molecule has 0 bridgehead atoms. The molecule has 10 heavy (non-hydrogen) atoms. The minimum Gasteiger partial charge on any atom is -1.00 e. The van der Waals surface area contributed by atoms with Crippen LogP contribution in [-0.4, -0.2) is 18.8 Å². The number of rotatable bonds is 2. The lowest BCUT2D eigenvalue weighted by Gasteiger charge is -1.72. The Morgan fingerprint density at radius 2 is 1.50 bits per heavy atom. The summed E-state index contributed by atoms with van der Waals surface area (Å²) in [4.78, 5) is 3.02. The van der Waals surface area contributed by atoms with Crippen molar-refractivity contribution >= 4 is 34.9 Å². The molecular weight excluding hydrogens is 295 g/mol. The van der Waals surface area contributed by atoms with Gasteiger partial charge in [0.1, 0.15) is 0 Å². The van der Waals surface area contributed by atoms with E-state index in [1.807, 2.05) is 34.9 Å². The van der Waals surface area contributed by atoms with Crippen molar-refractivity contribution < 1.29 is 24.0 Å². The Balaban J connectivity index is 0.000000810. The number of halogens is 1. The molecule has 0 aromatic heterocycles. The van der Waals surface area contributed by atoms with E-state index in [0.29, 0.717) is 0 Å².